The number of ether oxygens (including phenoxy) is 1. The summed E-state index contributed by atoms with van der Waals surface area (Å²) in [5, 5.41) is 2.77. The number of nitrogens with one attached hydrogen (secondary N) is 1. The topological polar surface area (TPSA) is 55.6 Å². The van der Waals surface area contributed by atoms with E-state index in [-0.39, 0.29) is 11.8 Å². The molecule has 8 heteroatoms. The van der Waals surface area contributed by atoms with Crippen LogP contribution in [0.4, 0.5) is 13.2 Å². The number of carbonyl (C=O) groups excluding carboxylic acids is 1. The van der Waals surface area contributed by atoms with Crippen molar-refractivity contribution in [3.05, 3.63) is 35.3 Å². The number of alkyl halides is 3. The number of aromatic nitrogens is 2. The molecule has 1 unspecified atom stereocenters. The summed E-state index contributed by atoms with van der Waals surface area (Å²) >= 11 is 0. The Morgan fingerprint density at radius 1 is 1.44 bits per heavy atom. The molecule has 1 aliphatic heterocycles. The lowest BCUT2D eigenvalue weighted by atomic mass is 10.2. The molecule has 0 saturated carbocycles. The first-order chi connectivity index (χ1) is 11.9. The van der Waals surface area contributed by atoms with Gasteiger partial charge in [-0.15, -0.1) is 0 Å². The van der Waals surface area contributed by atoms with Crippen LogP contribution in [0.1, 0.15) is 47.9 Å². The molecule has 2 aromatic heterocycles. The van der Waals surface area contributed by atoms with Gasteiger partial charge < -0.3 is 10.1 Å². The van der Waals surface area contributed by atoms with Gasteiger partial charge in [0.05, 0.1) is 17.4 Å². The van der Waals surface area contributed by atoms with Crippen LogP contribution in [0.3, 0.4) is 0 Å². The van der Waals surface area contributed by atoms with Crippen LogP contribution in [0.5, 0.6) is 0 Å². The summed E-state index contributed by atoms with van der Waals surface area (Å²) < 4.78 is 45.7. The Hall–Kier alpha value is -2.09. The molecular weight excluding hydrogens is 335 g/mol. The van der Waals surface area contributed by atoms with Crippen molar-refractivity contribution in [3.63, 3.8) is 0 Å². The molecule has 2 aromatic rings. The third-order valence-corrected chi connectivity index (χ3v) is 4.23. The number of hydrogen-bond donors (Lipinski definition) is 1. The maximum absolute atomic E-state index is 13.0. The maximum Gasteiger partial charge on any atom is 0.417 e. The van der Waals surface area contributed by atoms with Crippen molar-refractivity contribution in [1.29, 1.82) is 0 Å². The van der Waals surface area contributed by atoms with Gasteiger partial charge in [-0.25, -0.2) is 4.98 Å². The number of fused-ring (bicyclic) bond motifs is 1. The van der Waals surface area contributed by atoms with E-state index in [0.717, 1.165) is 31.5 Å². The lowest BCUT2D eigenvalue weighted by Gasteiger charge is -2.12. The summed E-state index contributed by atoms with van der Waals surface area (Å²) in [6.07, 6.45) is -0.506. The quantitative estimate of drug-likeness (QED) is 0.896. The summed E-state index contributed by atoms with van der Waals surface area (Å²) in [5.41, 5.74) is 0.194. The Balaban J connectivity index is 1.94. The zero-order chi connectivity index (χ0) is 18.0. The zero-order valence-electron chi connectivity index (χ0n) is 13.9. The molecule has 3 rings (SSSR count). The van der Waals surface area contributed by atoms with E-state index < -0.39 is 17.6 Å². The number of carbonyl (C=O) groups is 1. The standard InChI is InChI=1S/C17H20F3N3O2/c1-2-4-13-15(16(24)21-9-12-5-3-8-25-12)23-10-11(17(18,19)20)6-7-14(23)22-13/h6-7,10,12H,2-5,8-9H2,1H3,(H,21,24). The Kier molecular flexibility index (Phi) is 4.99. The first-order valence-corrected chi connectivity index (χ1v) is 8.38. The van der Waals surface area contributed by atoms with Gasteiger partial charge in [-0.3, -0.25) is 9.20 Å². The fourth-order valence-corrected chi connectivity index (χ4v) is 3.01. The minimum atomic E-state index is -4.48. The smallest absolute Gasteiger partial charge is 0.376 e. The van der Waals surface area contributed by atoms with Gasteiger partial charge in [-0.1, -0.05) is 13.3 Å². The van der Waals surface area contributed by atoms with Gasteiger partial charge in [0.25, 0.3) is 5.91 Å². The number of aryl methyl sites for hydroxylation is 1. The monoisotopic (exact) mass is 355 g/mol. The van der Waals surface area contributed by atoms with Crippen molar-refractivity contribution in [1.82, 2.24) is 14.7 Å². The summed E-state index contributed by atoms with van der Waals surface area (Å²) in [5.74, 6) is -0.425. The van der Waals surface area contributed by atoms with E-state index in [9.17, 15) is 18.0 Å². The number of pyridine rings is 1. The van der Waals surface area contributed by atoms with Gasteiger partial charge in [0, 0.05) is 19.3 Å². The molecule has 0 aromatic carbocycles. The second kappa shape index (κ2) is 7.03. The van der Waals surface area contributed by atoms with Crippen LogP contribution in [-0.4, -0.2) is 34.5 Å². The summed E-state index contributed by atoms with van der Waals surface area (Å²) in [4.78, 5) is 17.0. The lowest BCUT2D eigenvalue weighted by molar-refractivity contribution is -0.137. The molecule has 0 radical (unpaired) electrons. The molecule has 3 heterocycles. The maximum atomic E-state index is 13.0. The molecule has 0 aliphatic carbocycles. The molecule has 0 bridgehead atoms. The highest BCUT2D eigenvalue weighted by Gasteiger charge is 2.32. The molecule has 5 nitrogen and oxygen atoms in total. The van der Waals surface area contributed by atoms with E-state index in [1.165, 1.54) is 10.5 Å². The normalized spacial score (nSPS) is 18.0. The van der Waals surface area contributed by atoms with Crippen LogP contribution in [0.25, 0.3) is 5.65 Å². The Morgan fingerprint density at radius 2 is 2.24 bits per heavy atom. The molecule has 1 fully saturated rings. The van der Waals surface area contributed by atoms with Crippen molar-refractivity contribution in [2.45, 2.75) is 44.9 Å². The molecule has 136 valence electrons. The van der Waals surface area contributed by atoms with E-state index in [1.807, 2.05) is 6.92 Å². The minimum Gasteiger partial charge on any atom is -0.376 e. The second-order valence-corrected chi connectivity index (χ2v) is 6.15. The highest BCUT2D eigenvalue weighted by atomic mass is 19.4. The highest BCUT2D eigenvalue weighted by molar-refractivity contribution is 5.94. The van der Waals surface area contributed by atoms with Gasteiger partial charge in [-0.2, -0.15) is 13.2 Å². The Labute approximate surface area is 143 Å². The molecule has 1 atom stereocenters. The molecule has 1 N–H and O–H groups in total. The molecule has 1 aliphatic rings. The number of imidazole rings is 1. The van der Waals surface area contributed by atoms with Crippen molar-refractivity contribution >= 4 is 11.6 Å². The van der Waals surface area contributed by atoms with Crippen molar-refractivity contribution < 1.29 is 22.7 Å². The number of halogens is 3. The molecule has 0 spiro atoms. The zero-order valence-corrected chi connectivity index (χ0v) is 13.9. The van der Waals surface area contributed by atoms with Crippen molar-refractivity contribution in [2.75, 3.05) is 13.2 Å². The van der Waals surface area contributed by atoms with E-state index in [1.54, 1.807) is 0 Å². The second-order valence-electron chi connectivity index (χ2n) is 6.15. The van der Waals surface area contributed by atoms with Crippen LogP contribution in [0.15, 0.2) is 18.3 Å². The number of rotatable bonds is 5. The SMILES string of the molecule is CCCc1nc2ccc(C(F)(F)F)cn2c1C(=O)NCC1CCCO1. The third kappa shape index (κ3) is 3.78. The van der Waals surface area contributed by atoms with Crippen molar-refractivity contribution in [3.8, 4) is 0 Å². The van der Waals surface area contributed by atoms with Gasteiger partial charge in [-0.05, 0) is 31.4 Å². The Morgan fingerprint density at radius 3 is 2.88 bits per heavy atom. The third-order valence-electron chi connectivity index (χ3n) is 4.23. The summed E-state index contributed by atoms with van der Waals surface area (Å²) in [7, 11) is 0. The highest BCUT2D eigenvalue weighted by Crippen LogP contribution is 2.30. The van der Waals surface area contributed by atoms with Crippen molar-refractivity contribution in [2.24, 2.45) is 0 Å². The first kappa shape index (κ1) is 17.7. The van der Waals surface area contributed by atoms with E-state index in [2.05, 4.69) is 10.3 Å². The van der Waals surface area contributed by atoms with E-state index in [0.29, 0.717) is 30.9 Å². The first-order valence-electron chi connectivity index (χ1n) is 8.38. The van der Waals surface area contributed by atoms with Crippen LogP contribution in [0.2, 0.25) is 0 Å². The average molecular weight is 355 g/mol. The van der Waals surface area contributed by atoms with Gasteiger partial charge in [0.2, 0.25) is 0 Å². The molecule has 1 amide bonds. The fraction of sp³-hybridized carbons (Fsp3) is 0.529. The molecule has 1 saturated heterocycles. The van der Waals surface area contributed by atoms with E-state index in [4.69, 9.17) is 4.74 Å². The molecule has 25 heavy (non-hydrogen) atoms. The average Bonchev–Trinajstić information content (AvgIpc) is 3.18. The van der Waals surface area contributed by atoms with Crippen LogP contribution in [0, 0.1) is 0 Å². The van der Waals surface area contributed by atoms with E-state index >= 15 is 0 Å². The lowest BCUT2D eigenvalue weighted by Crippen LogP contribution is -2.33. The minimum absolute atomic E-state index is 0.0384. The number of nitrogens with zero attached hydrogens (tertiary/aromatic N) is 2. The van der Waals surface area contributed by atoms with Gasteiger partial charge in [0.15, 0.2) is 0 Å². The van der Waals surface area contributed by atoms with Crippen LogP contribution < -0.4 is 5.32 Å². The number of hydrogen-bond acceptors (Lipinski definition) is 3. The predicted octanol–water partition coefficient (Wildman–Crippen LogP) is 3.21. The van der Waals surface area contributed by atoms with Gasteiger partial charge >= 0.3 is 6.18 Å². The molecular formula is C17H20F3N3O2. The van der Waals surface area contributed by atoms with Crippen LogP contribution in [-0.2, 0) is 17.3 Å². The summed E-state index contributed by atoms with van der Waals surface area (Å²) in [6.45, 7) is 2.95. The predicted molar refractivity (Wildman–Crippen MR) is 85.5 cm³/mol. The Bertz CT molecular complexity index is 764. The fourth-order valence-electron chi connectivity index (χ4n) is 3.01. The number of amides is 1. The summed E-state index contributed by atoms with van der Waals surface area (Å²) in [6, 6.07) is 2.27. The largest absolute Gasteiger partial charge is 0.417 e. The van der Waals surface area contributed by atoms with Crippen LogP contribution >= 0.6 is 0 Å². The van der Waals surface area contributed by atoms with Gasteiger partial charge in [0.1, 0.15) is 11.3 Å².